The second kappa shape index (κ2) is 5.32. The molecule has 2 heteroatoms. The smallest absolute Gasteiger partial charge is 0.0994 e. The number of rotatable bonds is 1. The summed E-state index contributed by atoms with van der Waals surface area (Å²) in [6, 6.07) is 25.8. The van der Waals surface area contributed by atoms with Crippen molar-refractivity contribution in [3.63, 3.8) is 0 Å². The molecule has 0 spiro atoms. The van der Waals surface area contributed by atoms with Crippen LogP contribution in [-0.4, -0.2) is 0 Å². The van der Waals surface area contributed by atoms with Gasteiger partial charge < -0.3 is 0 Å². The van der Waals surface area contributed by atoms with Crippen LogP contribution in [0, 0.1) is 22.7 Å². The summed E-state index contributed by atoms with van der Waals surface area (Å²) < 4.78 is 0. The summed E-state index contributed by atoms with van der Waals surface area (Å²) in [6.07, 6.45) is 3.40. The molecule has 2 aliphatic carbocycles. The number of nitrogens with zero attached hydrogens (tertiary/aromatic N) is 2. The van der Waals surface area contributed by atoms with Crippen LogP contribution >= 0.6 is 0 Å². The SMILES string of the molecule is N#CC1=CC[C@@](C#N)([C@H]2Cc3cccc4cccc2c34)c2ccccc21. The summed E-state index contributed by atoms with van der Waals surface area (Å²) in [5.41, 5.74) is 4.54. The summed E-state index contributed by atoms with van der Waals surface area (Å²) in [5.74, 6) is 0.103. The van der Waals surface area contributed by atoms with Crippen molar-refractivity contribution >= 4 is 16.3 Å². The van der Waals surface area contributed by atoms with E-state index in [0.29, 0.717) is 12.0 Å². The first-order valence-electron chi connectivity index (χ1n) is 8.90. The first kappa shape index (κ1) is 14.9. The largest absolute Gasteiger partial charge is 0.197 e. The number of hydrogen-bond acceptors (Lipinski definition) is 2. The van der Waals surface area contributed by atoms with Gasteiger partial charge in [0.05, 0.1) is 23.1 Å². The van der Waals surface area contributed by atoms with E-state index >= 15 is 0 Å². The molecule has 0 radical (unpaired) electrons. The average Bonchev–Trinajstić information content (AvgIpc) is 3.08. The Morgan fingerprint density at radius 2 is 1.73 bits per heavy atom. The molecule has 0 heterocycles. The first-order valence-corrected chi connectivity index (χ1v) is 8.90. The van der Waals surface area contributed by atoms with Gasteiger partial charge in [-0.05, 0) is 45.9 Å². The molecule has 3 aromatic carbocycles. The molecule has 0 bridgehead atoms. The molecule has 2 nitrogen and oxygen atoms in total. The van der Waals surface area contributed by atoms with Crippen molar-refractivity contribution < 1.29 is 0 Å². The molecule has 2 aliphatic rings. The van der Waals surface area contributed by atoms with E-state index in [2.05, 4.69) is 48.5 Å². The van der Waals surface area contributed by atoms with Gasteiger partial charge in [0.2, 0.25) is 0 Å². The second-order valence-corrected chi connectivity index (χ2v) is 7.18. The Kier molecular flexibility index (Phi) is 3.05. The van der Waals surface area contributed by atoms with Crippen molar-refractivity contribution in [2.45, 2.75) is 24.2 Å². The highest BCUT2D eigenvalue weighted by atomic mass is 14.5. The fourth-order valence-corrected chi connectivity index (χ4v) is 4.89. The minimum Gasteiger partial charge on any atom is -0.197 e. The fraction of sp³-hybridized carbons (Fsp3) is 0.167. The number of hydrogen-bond donors (Lipinski definition) is 0. The summed E-state index contributed by atoms with van der Waals surface area (Å²) in [6.45, 7) is 0. The monoisotopic (exact) mass is 332 g/mol. The highest BCUT2D eigenvalue weighted by Crippen LogP contribution is 2.53. The number of nitriles is 2. The van der Waals surface area contributed by atoms with Crippen LogP contribution in [0.2, 0.25) is 0 Å². The minimum atomic E-state index is -0.635. The summed E-state index contributed by atoms with van der Waals surface area (Å²) in [5, 5.41) is 22.4. The Balaban J connectivity index is 1.77. The zero-order valence-corrected chi connectivity index (χ0v) is 14.2. The van der Waals surface area contributed by atoms with Crippen molar-refractivity contribution in [3.8, 4) is 12.1 Å². The Labute approximate surface area is 152 Å². The first-order chi connectivity index (χ1) is 12.8. The standard InChI is InChI=1S/C24H16N2/c25-14-18-11-12-24(15-26,21-10-2-1-8-19(18)21)22-13-17-7-3-5-16-6-4-9-20(22)23(16)17/h1-11,22H,12-13H2/t22-,24-/m0/s1. The van der Waals surface area contributed by atoms with Crippen LogP contribution in [0.5, 0.6) is 0 Å². The van der Waals surface area contributed by atoms with Gasteiger partial charge in [-0.25, -0.2) is 0 Å². The van der Waals surface area contributed by atoms with Crippen molar-refractivity contribution in [3.05, 3.63) is 89.0 Å². The lowest BCUT2D eigenvalue weighted by Gasteiger charge is -2.37. The van der Waals surface area contributed by atoms with Gasteiger partial charge in [-0.2, -0.15) is 10.5 Å². The second-order valence-electron chi connectivity index (χ2n) is 7.18. The molecule has 0 saturated heterocycles. The van der Waals surface area contributed by atoms with E-state index in [0.717, 1.165) is 17.5 Å². The third-order valence-electron chi connectivity index (χ3n) is 6.06. The molecule has 0 fully saturated rings. The number of fused-ring (bicyclic) bond motifs is 1. The normalized spacial score (nSPS) is 23.0. The van der Waals surface area contributed by atoms with Gasteiger partial charge in [0.25, 0.3) is 0 Å². The summed E-state index contributed by atoms with van der Waals surface area (Å²) >= 11 is 0. The molecule has 122 valence electrons. The third-order valence-corrected chi connectivity index (χ3v) is 6.06. The van der Waals surface area contributed by atoms with Gasteiger partial charge in [0.15, 0.2) is 0 Å². The molecular weight excluding hydrogens is 316 g/mol. The predicted octanol–water partition coefficient (Wildman–Crippen LogP) is 5.25. The van der Waals surface area contributed by atoms with Crippen LogP contribution in [-0.2, 0) is 11.8 Å². The van der Waals surface area contributed by atoms with Gasteiger partial charge in [-0.15, -0.1) is 0 Å². The molecule has 0 unspecified atom stereocenters. The van der Waals surface area contributed by atoms with Crippen molar-refractivity contribution in [1.29, 1.82) is 10.5 Å². The Hall–Kier alpha value is -3.36. The van der Waals surface area contributed by atoms with E-state index in [4.69, 9.17) is 0 Å². The van der Waals surface area contributed by atoms with Crippen LogP contribution in [0.4, 0.5) is 0 Å². The van der Waals surface area contributed by atoms with Crippen LogP contribution in [0.3, 0.4) is 0 Å². The Morgan fingerprint density at radius 3 is 2.54 bits per heavy atom. The van der Waals surface area contributed by atoms with Crippen LogP contribution in [0.15, 0.2) is 66.7 Å². The van der Waals surface area contributed by atoms with Crippen LogP contribution in [0.25, 0.3) is 16.3 Å². The number of benzene rings is 3. The van der Waals surface area contributed by atoms with Crippen molar-refractivity contribution in [2.75, 3.05) is 0 Å². The van der Waals surface area contributed by atoms with Gasteiger partial charge in [-0.1, -0.05) is 66.7 Å². The van der Waals surface area contributed by atoms with E-state index in [1.165, 1.54) is 21.9 Å². The van der Waals surface area contributed by atoms with Crippen molar-refractivity contribution in [1.82, 2.24) is 0 Å². The summed E-state index contributed by atoms with van der Waals surface area (Å²) in [7, 11) is 0. The van der Waals surface area contributed by atoms with Gasteiger partial charge in [-0.3, -0.25) is 0 Å². The molecule has 0 N–H and O–H groups in total. The lowest BCUT2D eigenvalue weighted by molar-refractivity contribution is 0.441. The molecule has 0 amide bonds. The zero-order chi connectivity index (χ0) is 17.7. The van der Waals surface area contributed by atoms with E-state index in [1.54, 1.807) is 0 Å². The van der Waals surface area contributed by atoms with E-state index in [-0.39, 0.29) is 5.92 Å². The zero-order valence-electron chi connectivity index (χ0n) is 14.2. The quantitative estimate of drug-likeness (QED) is 0.611. The summed E-state index contributed by atoms with van der Waals surface area (Å²) in [4.78, 5) is 0. The molecule has 2 atom stereocenters. The highest BCUT2D eigenvalue weighted by molar-refractivity contribution is 5.92. The maximum absolute atomic E-state index is 10.4. The molecule has 0 aromatic heterocycles. The van der Waals surface area contributed by atoms with E-state index in [1.807, 2.05) is 30.3 Å². The van der Waals surface area contributed by atoms with Gasteiger partial charge in [0, 0.05) is 5.92 Å². The molecule has 3 aromatic rings. The van der Waals surface area contributed by atoms with Gasteiger partial charge in [0.1, 0.15) is 0 Å². The van der Waals surface area contributed by atoms with Gasteiger partial charge >= 0.3 is 0 Å². The molecule has 0 aliphatic heterocycles. The van der Waals surface area contributed by atoms with Crippen LogP contribution in [0.1, 0.15) is 34.6 Å². The molecule has 0 saturated carbocycles. The van der Waals surface area contributed by atoms with E-state index in [9.17, 15) is 10.5 Å². The van der Waals surface area contributed by atoms with E-state index < -0.39 is 5.41 Å². The Bertz CT molecular complexity index is 1170. The highest BCUT2D eigenvalue weighted by Gasteiger charge is 2.47. The number of allylic oxidation sites excluding steroid dienone is 2. The lowest BCUT2D eigenvalue weighted by atomic mass is 9.62. The predicted molar refractivity (Wildman–Crippen MR) is 102 cm³/mol. The maximum Gasteiger partial charge on any atom is 0.0994 e. The Morgan fingerprint density at radius 1 is 0.923 bits per heavy atom. The minimum absolute atomic E-state index is 0.103. The third kappa shape index (κ3) is 1.79. The molecule has 26 heavy (non-hydrogen) atoms. The van der Waals surface area contributed by atoms with Crippen molar-refractivity contribution in [2.24, 2.45) is 0 Å². The fourth-order valence-electron chi connectivity index (χ4n) is 4.89. The maximum atomic E-state index is 10.4. The average molecular weight is 332 g/mol. The topological polar surface area (TPSA) is 47.6 Å². The molecular formula is C24H16N2. The lowest BCUT2D eigenvalue weighted by Crippen LogP contribution is -2.34. The van der Waals surface area contributed by atoms with Crippen LogP contribution < -0.4 is 0 Å². The molecule has 5 rings (SSSR count).